The first-order valence-electron chi connectivity index (χ1n) is 7.59. The zero-order valence-corrected chi connectivity index (χ0v) is 14.8. The van der Waals surface area contributed by atoms with E-state index < -0.39 is 0 Å². The molecule has 0 radical (unpaired) electrons. The molecular weight excluding hydrogens is 347 g/mol. The van der Waals surface area contributed by atoms with Crippen LogP contribution >= 0.6 is 23.2 Å². The summed E-state index contributed by atoms with van der Waals surface area (Å²) in [5, 5.41) is 1.17. The van der Waals surface area contributed by atoms with E-state index in [0.717, 1.165) is 31.7 Å². The van der Waals surface area contributed by atoms with Crippen molar-refractivity contribution in [2.75, 3.05) is 43.9 Å². The van der Waals surface area contributed by atoms with Gasteiger partial charge in [-0.15, -0.1) is 0 Å². The Morgan fingerprint density at radius 3 is 2.50 bits per heavy atom. The second-order valence-corrected chi connectivity index (χ2v) is 6.48. The lowest BCUT2D eigenvalue weighted by Crippen LogP contribution is -2.45. The van der Waals surface area contributed by atoms with Crippen molar-refractivity contribution >= 4 is 47.3 Å². The molecule has 1 aliphatic rings. The molecule has 0 unspecified atom stereocenters. The van der Waals surface area contributed by atoms with Crippen LogP contribution in [0.25, 0.3) is 12.2 Å². The molecule has 0 saturated carbocycles. The normalized spacial score (nSPS) is 16.0. The molecule has 126 valence electrons. The Hall–Kier alpha value is -1.89. The van der Waals surface area contributed by atoms with Gasteiger partial charge in [0.15, 0.2) is 5.82 Å². The van der Waals surface area contributed by atoms with Crippen LogP contribution in [-0.4, -0.2) is 53.1 Å². The number of halogens is 2. The lowest BCUT2D eigenvalue weighted by atomic mass is 10.2. The van der Waals surface area contributed by atoms with Gasteiger partial charge in [0.2, 0.25) is 11.9 Å². The summed E-state index contributed by atoms with van der Waals surface area (Å²) in [7, 11) is 2.10. The molecule has 1 saturated heterocycles. The Kier molecular flexibility index (Phi) is 5.18. The van der Waals surface area contributed by atoms with Crippen LogP contribution < -0.4 is 10.6 Å². The van der Waals surface area contributed by atoms with E-state index >= 15 is 0 Å². The summed E-state index contributed by atoms with van der Waals surface area (Å²) in [6, 6.07) is 5.32. The Bertz CT molecular complexity index is 756. The van der Waals surface area contributed by atoms with Crippen molar-refractivity contribution in [3.8, 4) is 0 Å². The Labute approximate surface area is 150 Å². The highest BCUT2D eigenvalue weighted by molar-refractivity contribution is 6.35. The molecule has 24 heavy (non-hydrogen) atoms. The third-order valence-electron chi connectivity index (χ3n) is 3.82. The molecule has 8 heteroatoms. The maximum absolute atomic E-state index is 6.17. The molecule has 2 aromatic rings. The van der Waals surface area contributed by atoms with Crippen LogP contribution in [0.4, 0.5) is 11.9 Å². The van der Waals surface area contributed by atoms with Crippen molar-refractivity contribution < 1.29 is 0 Å². The highest BCUT2D eigenvalue weighted by Gasteiger charge is 2.17. The number of piperazine rings is 1. The average molecular weight is 365 g/mol. The standard InChI is InChI=1S/C16H18Cl2N6/c1-23-6-8-24(9-7-23)16-21-14(20-15(19)22-16)5-3-11-2-4-12(17)10-13(11)18/h2-5,10H,6-9H2,1H3,(H2,19,20,21,22)/b5-3+. The van der Waals surface area contributed by atoms with Crippen molar-refractivity contribution in [3.63, 3.8) is 0 Å². The average Bonchev–Trinajstić information content (AvgIpc) is 2.54. The van der Waals surface area contributed by atoms with Gasteiger partial charge in [-0.3, -0.25) is 0 Å². The van der Waals surface area contributed by atoms with Crippen molar-refractivity contribution in [1.29, 1.82) is 0 Å². The highest BCUT2D eigenvalue weighted by Crippen LogP contribution is 2.22. The van der Waals surface area contributed by atoms with Gasteiger partial charge >= 0.3 is 0 Å². The van der Waals surface area contributed by atoms with E-state index in [4.69, 9.17) is 28.9 Å². The summed E-state index contributed by atoms with van der Waals surface area (Å²) in [5.74, 6) is 1.32. The van der Waals surface area contributed by atoms with Gasteiger partial charge in [0.1, 0.15) is 0 Å². The van der Waals surface area contributed by atoms with Gasteiger partial charge in [-0.25, -0.2) is 0 Å². The van der Waals surface area contributed by atoms with Crippen molar-refractivity contribution in [2.24, 2.45) is 0 Å². The minimum atomic E-state index is 0.209. The molecule has 0 aliphatic carbocycles. The monoisotopic (exact) mass is 364 g/mol. The first-order chi connectivity index (χ1) is 11.5. The second-order valence-electron chi connectivity index (χ2n) is 5.64. The predicted octanol–water partition coefficient (Wildman–Crippen LogP) is 2.68. The minimum absolute atomic E-state index is 0.209. The SMILES string of the molecule is CN1CCN(c2nc(N)nc(/C=C/c3ccc(Cl)cc3Cl)n2)CC1. The molecule has 1 aromatic carbocycles. The largest absolute Gasteiger partial charge is 0.368 e. The molecule has 0 amide bonds. The molecule has 0 atom stereocenters. The molecular formula is C16H18Cl2N6. The maximum atomic E-state index is 6.17. The second kappa shape index (κ2) is 7.34. The summed E-state index contributed by atoms with van der Waals surface area (Å²) in [5.41, 5.74) is 6.67. The Balaban J connectivity index is 1.82. The summed E-state index contributed by atoms with van der Waals surface area (Å²) >= 11 is 12.1. The molecule has 2 N–H and O–H groups in total. The molecule has 3 rings (SSSR count). The summed E-state index contributed by atoms with van der Waals surface area (Å²) < 4.78 is 0. The quantitative estimate of drug-likeness (QED) is 0.902. The number of anilines is 2. The van der Waals surface area contributed by atoms with Gasteiger partial charge in [-0.1, -0.05) is 29.3 Å². The highest BCUT2D eigenvalue weighted by atomic mass is 35.5. The van der Waals surface area contributed by atoms with Crippen LogP contribution in [-0.2, 0) is 0 Å². The van der Waals surface area contributed by atoms with E-state index in [9.17, 15) is 0 Å². The van der Waals surface area contributed by atoms with Gasteiger partial charge in [0.25, 0.3) is 0 Å². The van der Waals surface area contributed by atoms with Crippen LogP contribution in [0.5, 0.6) is 0 Å². The van der Waals surface area contributed by atoms with E-state index in [0.29, 0.717) is 21.8 Å². The van der Waals surface area contributed by atoms with Crippen molar-refractivity contribution in [1.82, 2.24) is 19.9 Å². The van der Waals surface area contributed by atoms with Gasteiger partial charge in [0, 0.05) is 36.2 Å². The molecule has 6 nitrogen and oxygen atoms in total. The van der Waals surface area contributed by atoms with Crippen molar-refractivity contribution in [3.05, 3.63) is 39.6 Å². The smallest absolute Gasteiger partial charge is 0.230 e. The van der Waals surface area contributed by atoms with Crippen LogP contribution in [0.15, 0.2) is 18.2 Å². The van der Waals surface area contributed by atoms with Gasteiger partial charge < -0.3 is 15.5 Å². The zero-order valence-electron chi connectivity index (χ0n) is 13.3. The fourth-order valence-electron chi connectivity index (χ4n) is 2.42. The first kappa shape index (κ1) is 17.0. The van der Waals surface area contributed by atoms with Crippen LogP contribution in [0.3, 0.4) is 0 Å². The number of nitrogens with zero attached hydrogens (tertiary/aromatic N) is 5. The van der Waals surface area contributed by atoms with E-state index in [2.05, 4.69) is 31.8 Å². The lowest BCUT2D eigenvalue weighted by molar-refractivity contribution is 0.311. The summed E-state index contributed by atoms with van der Waals surface area (Å²) in [6.45, 7) is 3.67. The Morgan fingerprint density at radius 2 is 1.79 bits per heavy atom. The topological polar surface area (TPSA) is 71.2 Å². The lowest BCUT2D eigenvalue weighted by Gasteiger charge is -2.32. The van der Waals surface area contributed by atoms with Crippen molar-refractivity contribution in [2.45, 2.75) is 0 Å². The van der Waals surface area contributed by atoms with Crippen LogP contribution in [0.1, 0.15) is 11.4 Å². The summed E-state index contributed by atoms with van der Waals surface area (Å²) in [4.78, 5) is 17.3. The fraction of sp³-hybridized carbons (Fsp3) is 0.312. The van der Waals surface area contributed by atoms with Crippen LogP contribution in [0, 0.1) is 0 Å². The number of rotatable bonds is 3. The number of likely N-dealkylation sites (N-methyl/N-ethyl adjacent to an activating group) is 1. The Morgan fingerprint density at radius 1 is 1.04 bits per heavy atom. The summed E-state index contributed by atoms with van der Waals surface area (Å²) in [6.07, 6.45) is 3.61. The predicted molar refractivity (Wildman–Crippen MR) is 99.3 cm³/mol. The number of nitrogens with two attached hydrogens (primary N) is 1. The fourth-order valence-corrected chi connectivity index (χ4v) is 2.89. The maximum Gasteiger partial charge on any atom is 0.230 e. The molecule has 0 spiro atoms. The molecule has 0 bridgehead atoms. The number of hydrogen-bond donors (Lipinski definition) is 1. The van der Waals surface area contributed by atoms with Gasteiger partial charge in [0.05, 0.1) is 0 Å². The minimum Gasteiger partial charge on any atom is -0.368 e. The van der Waals surface area contributed by atoms with Gasteiger partial charge in [-0.2, -0.15) is 15.0 Å². The zero-order chi connectivity index (χ0) is 17.1. The van der Waals surface area contributed by atoms with Crippen LogP contribution in [0.2, 0.25) is 10.0 Å². The number of hydrogen-bond acceptors (Lipinski definition) is 6. The molecule has 1 fully saturated rings. The number of benzene rings is 1. The molecule has 1 aromatic heterocycles. The van der Waals surface area contributed by atoms with Gasteiger partial charge in [-0.05, 0) is 36.9 Å². The van der Waals surface area contributed by atoms with E-state index in [1.165, 1.54) is 0 Å². The molecule has 1 aliphatic heterocycles. The van der Waals surface area contributed by atoms with E-state index in [-0.39, 0.29) is 5.95 Å². The van der Waals surface area contributed by atoms with E-state index in [1.807, 2.05) is 12.1 Å². The third-order valence-corrected chi connectivity index (χ3v) is 4.38. The molecule has 2 heterocycles. The first-order valence-corrected chi connectivity index (χ1v) is 8.35. The number of nitrogen functional groups attached to an aromatic ring is 1. The number of aromatic nitrogens is 3. The van der Waals surface area contributed by atoms with E-state index in [1.54, 1.807) is 18.2 Å². The third kappa shape index (κ3) is 4.14.